The molecule has 1 heterocycles. The highest BCUT2D eigenvalue weighted by Gasteiger charge is 2.33. The van der Waals surface area contributed by atoms with Crippen LogP contribution in [0.1, 0.15) is 54.3 Å². The summed E-state index contributed by atoms with van der Waals surface area (Å²) in [6.07, 6.45) is 0.938. The van der Waals surface area contributed by atoms with E-state index >= 15 is 0 Å². The quantitative estimate of drug-likeness (QED) is 0.556. The molecule has 39 heavy (non-hydrogen) atoms. The van der Waals surface area contributed by atoms with Crippen molar-refractivity contribution in [3.05, 3.63) is 59.7 Å². The Balaban J connectivity index is 1.73. The smallest absolute Gasteiger partial charge is 0.258 e. The van der Waals surface area contributed by atoms with Crippen molar-refractivity contribution in [2.24, 2.45) is 5.92 Å². The molecule has 0 unspecified atom stereocenters. The second-order valence-corrected chi connectivity index (χ2v) is 10.7. The maximum Gasteiger partial charge on any atom is 0.258 e. The molecule has 0 aliphatic carbocycles. The van der Waals surface area contributed by atoms with Crippen LogP contribution in [0.2, 0.25) is 0 Å². The van der Waals surface area contributed by atoms with Crippen LogP contribution in [0.3, 0.4) is 0 Å². The average Bonchev–Trinajstić information content (AvgIpc) is 2.91. The maximum atomic E-state index is 13.6. The number of hydrogen-bond acceptors (Lipinski definition) is 6. The number of ketones is 1. The molecule has 3 rings (SSSR count). The van der Waals surface area contributed by atoms with E-state index < -0.39 is 6.04 Å². The fraction of sp³-hybridized carbons (Fsp3) is 0.467. The summed E-state index contributed by atoms with van der Waals surface area (Å²) in [5, 5.41) is 2.90. The summed E-state index contributed by atoms with van der Waals surface area (Å²) in [7, 11) is 5.35. The fourth-order valence-corrected chi connectivity index (χ4v) is 4.69. The first kappa shape index (κ1) is 29.7. The highest BCUT2D eigenvalue weighted by Crippen LogP contribution is 2.22. The van der Waals surface area contributed by atoms with Crippen LogP contribution < -0.4 is 15.0 Å². The van der Waals surface area contributed by atoms with E-state index in [2.05, 4.69) is 5.32 Å². The lowest BCUT2D eigenvalue weighted by Crippen LogP contribution is -2.54. The lowest BCUT2D eigenvalue weighted by Gasteiger charge is -2.36. The molecule has 1 fully saturated rings. The molecule has 0 spiro atoms. The van der Waals surface area contributed by atoms with Gasteiger partial charge < -0.3 is 24.8 Å². The zero-order valence-electron chi connectivity index (χ0n) is 23.8. The molecule has 0 saturated carbocycles. The van der Waals surface area contributed by atoms with Gasteiger partial charge in [-0.05, 0) is 62.1 Å². The zero-order chi connectivity index (χ0) is 28.7. The van der Waals surface area contributed by atoms with Crippen molar-refractivity contribution in [1.29, 1.82) is 0 Å². The van der Waals surface area contributed by atoms with Crippen LogP contribution >= 0.6 is 0 Å². The first-order valence-corrected chi connectivity index (χ1v) is 13.3. The third-order valence-electron chi connectivity index (χ3n) is 6.93. The predicted molar refractivity (Wildman–Crippen MR) is 151 cm³/mol. The second kappa shape index (κ2) is 13.3. The summed E-state index contributed by atoms with van der Waals surface area (Å²) in [5.74, 6) is -0.546. The minimum atomic E-state index is -0.764. The number of carbonyl (C=O) groups excluding carboxylic acids is 4. The number of hydrogen-bond donors (Lipinski definition) is 1. The average molecular weight is 537 g/mol. The van der Waals surface area contributed by atoms with E-state index in [9.17, 15) is 19.2 Å². The summed E-state index contributed by atoms with van der Waals surface area (Å²) in [6, 6.07) is 13.1. The number of anilines is 1. The van der Waals surface area contributed by atoms with Crippen LogP contribution in [-0.2, 0) is 9.59 Å². The number of methoxy groups -OCH3 is 1. The van der Waals surface area contributed by atoms with Crippen molar-refractivity contribution in [1.82, 2.24) is 15.1 Å². The zero-order valence-corrected chi connectivity index (χ0v) is 23.8. The number of Topliss-reactive ketones (excluding diaryl/α,β-unsaturated/α-hetero) is 1. The standard InChI is InChI=1S/C30H40N4O5/c1-20(2)17-26(31-28(36)22-11-13-23(14-12-22)32(4)5)30(38)33-16-15-21(3)34(19-24(35)18-33)29(37)25-9-7-8-10-27(25)39-6/h7-14,20-21,26H,15-19H2,1-6H3,(H,31,36)/t21-,26-/m0/s1. The summed E-state index contributed by atoms with van der Waals surface area (Å²) >= 11 is 0. The van der Waals surface area contributed by atoms with Gasteiger partial charge in [0.15, 0.2) is 5.78 Å². The van der Waals surface area contributed by atoms with E-state index in [1.54, 1.807) is 41.3 Å². The minimum absolute atomic E-state index is 0.110. The van der Waals surface area contributed by atoms with Gasteiger partial charge in [-0.2, -0.15) is 0 Å². The summed E-state index contributed by atoms with van der Waals surface area (Å²) in [5.41, 5.74) is 1.82. The molecule has 1 aliphatic rings. The fourth-order valence-electron chi connectivity index (χ4n) is 4.69. The molecule has 1 saturated heterocycles. The van der Waals surface area contributed by atoms with Crippen molar-refractivity contribution >= 4 is 29.2 Å². The Morgan fingerprint density at radius 1 is 1.05 bits per heavy atom. The predicted octanol–water partition coefficient (Wildman–Crippen LogP) is 3.24. The van der Waals surface area contributed by atoms with Gasteiger partial charge >= 0.3 is 0 Å². The number of para-hydroxylation sites is 1. The van der Waals surface area contributed by atoms with E-state index in [1.165, 1.54) is 12.0 Å². The Morgan fingerprint density at radius 2 is 1.72 bits per heavy atom. The molecular formula is C30H40N4O5. The van der Waals surface area contributed by atoms with Gasteiger partial charge in [-0.15, -0.1) is 0 Å². The first-order chi connectivity index (χ1) is 18.5. The van der Waals surface area contributed by atoms with Crippen LogP contribution in [0, 0.1) is 5.92 Å². The van der Waals surface area contributed by atoms with Crippen molar-refractivity contribution in [2.45, 2.75) is 45.7 Å². The van der Waals surface area contributed by atoms with Crippen LogP contribution in [0.25, 0.3) is 0 Å². The highest BCUT2D eigenvalue weighted by atomic mass is 16.5. The number of rotatable bonds is 8. The molecule has 0 bridgehead atoms. The van der Waals surface area contributed by atoms with Crippen LogP contribution in [0.5, 0.6) is 5.75 Å². The van der Waals surface area contributed by atoms with E-state index in [4.69, 9.17) is 4.74 Å². The second-order valence-electron chi connectivity index (χ2n) is 10.7. The SMILES string of the molecule is COc1ccccc1C(=O)N1CC(=O)CN(C(=O)[C@H](CC(C)C)NC(=O)c2ccc(N(C)C)cc2)CC[C@@H]1C. The van der Waals surface area contributed by atoms with E-state index in [0.717, 1.165) is 5.69 Å². The van der Waals surface area contributed by atoms with Crippen molar-refractivity contribution in [2.75, 3.05) is 45.7 Å². The Labute approximate surface area is 231 Å². The van der Waals surface area contributed by atoms with Gasteiger partial charge in [0.25, 0.3) is 11.8 Å². The van der Waals surface area contributed by atoms with Gasteiger partial charge in [0.1, 0.15) is 11.8 Å². The molecule has 2 aromatic rings. The van der Waals surface area contributed by atoms with Gasteiger partial charge in [-0.25, -0.2) is 0 Å². The molecule has 9 heteroatoms. The molecule has 210 valence electrons. The van der Waals surface area contributed by atoms with E-state index in [1.807, 2.05) is 51.9 Å². The van der Waals surface area contributed by atoms with Gasteiger partial charge in [-0.3, -0.25) is 19.2 Å². The number of ether oxygens (including phenoxy) is 1. The van der Waals surface area contributed by atoms with Crippen molar-refractivity contribution in [3.63, 3.8) is 0 Å². The lowest BCUT2D eigenvalue weighted by molar-refractivity contribution is -0.138. The third-order valence-corrected chi connectivity index (χ3v) is 6.93. The van der Waals surface area contributed by atoms with Crippen molar-refractivity contribution in [3.8, 4) is 5.75 Å². The monoisotopic (exact) mass is 536 g/mol. The molecule has 2 atom stereocenters. The number of amides is 3. The summed E-state index contributed by atoms with van der Waals surface area (Å²) in [4.78, 5) is 58.1. The van der Waals surface area contributed by atoms with E-state index in [0.29, 0.717) is 36.3 Å². The molecule has 0 radical (unpaired) electrons. The summed E-state index contributed by atoms with van der Waals surface area (Å²) < 4.78 is 5.34. The molecular weight excluding hydrogens is 496 g/mol. The largest absolute Gasteiger partial charge is 0.496 e. The first-order valence-electron chi connectivity index (χ1n) is 13.3. The molecule has 2 aromatic carbocycles. The van der Waals surface area contributed by atoms with Crippen molar-refractivity contribution < 1.29 is 23.9 Å². The van der Waals surface area contributed by atoms with Crippen LogP contribution in [0.15, 0.2) is 48.5 Å². The number of nitrogens with one attached hydrogen (secondary N) is 1. The topological polar surface area (TPSA) is 99.3 Å². The van der Waals surface area contributed by atoms with Crippen LogP contribution in [0.4, 0.5) is 5.69 Å². The molecule has 0 aromatic heterocycles. The van der Waals surface area contributed by atoms with Gasteiger partial charge in [0.2, 0.25) is 5.91 Å². The third kappa shape index (κ3) is 7.59. The van der Waals surface area contributed by atoms with Gasteiger partial charge in [0, 0.05) is 37.9 Å². The Kier molecular flexibility index (Phi) is 10.1. The van der Waals surface area contributed by atoms with E-state index in [-0.39, 0.29) is 48.6 Å². The van der Waals surface area contributed by atoms with Gasteiger partial charge in [-0.1, -0.05) is 26.0 Å². The van der Waals surface area contributed by atoms with Gasteiger partial charge in [0.05, 0.1) is 25.8 Å². The normalized spacial score (nSPS) is 16.8. The summed E-state index contributed by atoms with van der Waals surface area (Å²) in [6.45, 7) is 5.91. The lowest BCUT2D eigenvalue weighted by atomic mass is 10.0. The molecule has 1 N–H and O–H groups in total. The molecule has 9 nitrogen and oxygen atoms in total. The number of benzene rings is 2. The molecule has 3 amide bonds. The number of carbonyl (C=O) groups is 4. The highest BCUT2D eigenvalue weighted by molar-refractivity contribution is 6.01. The Morgan fingerprint density at radius 3 is 2.33 bits per heavy atom. The minimum Gasteiger partial charge on any atom is -0.496 e. The Bertz CT molecular complexity index is 1180. The maximum absolute atomic E-state index is 13.6. The molecule has 1 aliphatic heterocycles. The van der Waals surface area contributed by atoms with Crippen LogP contribution in [-0.4, -0.2) is 86.2 Å². The number of nitrogens with zero attached hydrogens (tertiary/aromatic N) is 3. The Hall–Kier alpha value is -3.88.